The SMILES string of the molecule is COc1ccc(C2CCN(CCC=C(F)F)C(C)C2N2C(=O)c3ccccc3C2OC)cc1. The molecule has 0 N–H and O–H groups in total. The van der Waals surface area contributed by atoms with Gasteiger partial charge < -0.3 is 14.4 Å². The molecule has 2 aromatic rings. The predicted octanol–water partition coefficient (Wildman–Crippen LogP) is 5.21. The van der Waals surface area contributed by atoms with Crippen molar-refractivity contribution in [3.8, 4) is 5.75 Å². The van der Waals surface area contributed by atoms with E-state index in [0.29, 0.717) is 12.1 Å². The highest BCUT2D eigenvalue weighted by atomic mass is 19.3. The molecule has 1 saturated heterocycles. The minimum Gasteiger partial charge on any atom is -0.497 e. The van der Waals surface area contributed by atoms with E-state index < -0.39 is 12.3 Å². The summed E-state index contributed by atoms with van der Waals surface area (Å²) < 4.78 is 36.4. The first kappa shape index (κ1) is 23.4. The van der Waals surface area contributed by atoms with Crippen LogP contribution in [-0.4, -0.2) is 55.1 Å². The molecule has 0 spiro atoms. The Bertz CT molecular complexity index is 1010. The molecule has 2 aromatic carbocycles. The van der Waals surface area contributed by atoms with Gasteiger partial charge in [0.15, 0.2) is 6.23 Å². The molecule has 5 nitrogen and oxygen atoms in total. The zero-order chi connectivity index (χ0) is 23.5. The fourth-order valence-electron chi connectivity index (χ4n) is 5.36. The van der Waals surface area contributed by atoms with Crippen LogP contribution in [0, 0.1) is 0 Å². The molecular weight excluding hydrogens is 426 g/mol. The topological polar surface area (TPSA) is 42.0 Å². The number of fused-ring (bicyclic) bond motifs is 1. The van der Waals surface area contributed by atoms with E-state index in [2.05, 4.69) is 24.0 Å². The third-order valence-electron chi connectivity index (χ3n) is 6.96. The molecule has 33 heavy (non-hydrogen) atoms. The molecule has 2 aliphatic heterocycles. The first-order valence-electron chi connectivity index (χ1n) is 11.3. The number of rotatable bonds is 7. The minimum absolute atomic E-state index is 0.0437. The lowest BCUT2D eigenvalue weighted by molar-refractivity contribution is -0.0639. The highest BCUT2D eigenvalue weighted by Crippen LogP contribution is 2.44. The summed E-state index contributed by atoms with van der Waals surface area (Å²) in [6.07, 6.45) is -0.0951. The number of benzene rings is 2. The summed E-state index contributed by atoms with van der Waals surface area (Å²) in [7, 11) is 3.26. The molecule has 0 aromatic heterocycles. The highest BCUT2D eigenvalue weighted by molar-refractivity contribution is 5.99. The molecule has 176 valence electrons. The standard InChI is InChI=1S/C26H30F2N2O3/c1-17-24(30-25(31)21-7-4-5-8-22(21)26(30)33-3)20(18-10-12-19(32-2)13-11-18)14-16-29(17)15-6-9-23(27)28/h4-5,7-13,17,20,24,26H,6,14-16H2,1-3H3. The molecule has 4 rings (SSSR count). The Labute approximate surface area is 193 Å². The summed E-state index contributed by atoms with van der Waals surface area (Å²) in [5, 5.41) is 0. The number of piperidine rings is 1. The number of carbonyl (C=O) groups is 1. The zero-order valence-electron chi connectivity index (χ0n) is 19.2. The molecule has 0 saturated carbocycles. The number of carbonyl (C=O) groups excluding carboxylic acids is 1. The first-order chi connectivity index (χ1) is 16.0. The van der Waals surface area contributed by atoms with Crippen molar-refractivity contribution in [2.24, 2.45) is 0 Å². The number of nitrogens with zero attached hydrogens (tertiary/aromatic N) is 2. The van der Waals surface area contributed by atoms with Gasteiger partial charge in [0.25, 0.3) is 12.0 Å². The van der Waals surface area contributed by atoms with Gasteiger partial charge in [-0.2, -0.15) is 8.78 Å². The van der Waals surface area contributed by atoms with E-state index >= 15 is 0 Å². The largest absolute Gasteiger partial charge is 0.497 e. The van der Waals surface area contributed by atoms with Crippen LogP contribution in [0.5, 0.6) is 5.75 Å². The van der Waals surface area contributed by atoms with Gasteiger partial charge in [-0.1, -0.05) is 30.3 Å². The average molecular weight is 457 g/mol. The van der Waals surface area contributed by atoms with Crippen LogP contribution in [0.2, 0.25) is 0 Å². The van der Waals surface area contributed by atoms with Crippen LogP contribution in [0.15, 0.2) is 60.7 Å². The molecule has 7 heteroatoms. The Morgan fingerprint density at radius 1 is 1.12 bits per heavy atom. The maximum atomic E-state index is 13.6. The van der Waals surface area contributed by atoms with Crippen molar-refractivity contribution in [2.45, 2.75) is 44.0 Å². The second kappa shape index (κ2) is 10.0. The van der Waals surface area contributed by atoms with Crippen molar-refractivity contribution >= 4 is 5.91 Å². The Morgan fingerprint density at radius 3 is 2.52 bits per heavy atom. The third kappa shape index (κ3) is 4.52. The van der Waals surface area contributed by atoms with E-state index in [1.807, 2.05) is 41.3 Å². The van der Waals surface area contributed by atoms with Gasteiger partial charge in [0.05, 0.1) is 13.2 Å². The maximum absolute atomic E-state index is 13.6. The Balaban J connectivity index is 1.70. The molecule has 1 amide bonds. The van der Waals surface area contributed by atoms with E-state index in [9.17, 15) is 13.6 Å². The third-order valence-corrected chi connectivity index (χ3v) is 6.96. The molecule has 2 aliphatic rings. The monoisotopic (exact) mass is 456 g/mol. The number of likely N-dealkylation sites (tertiary alicyclic amines) is 1. The second-order valence-corrected chi connectivity index (χ2v) is 8.61. The van der Waals surface area contributed by atoms with E-state index in [0.717, 1.165) is 35.9 Å². The summed E-state index contributed by atoms with van der Waals surface area (Å²) in [6.45, 7) is 3.36. The first-order valence-corrected chi connectivity index (χ1v) is 11.3. The van der Waals surface area contributed by atoms with Crippen molar-refractivity contribution < 1.29 is 23.0 Å². The highest BCUT2D eigenvalue weighted by Gasteiger charge is 2.48. The average Bonchev–Trinajstić information content (AvgIpc) is 3.11. The van der Waals surface area contributed by atoms with Gasteiger partial charge in [-0.05, 0) is 56.1 Å². The Kier molecular flexibility index (Phi) is 7.10. The van der Waals surface area contributed by atoms with Gasteiger partial charge in [0.2, 0.25) is 0 Å². The molecular formula is C26H30F2N2O3. The smallest absolute Gasteiger partial charge is 0.266 e. The fourth-order valence-corrected chi connectivity index (χ4v) is 5.36. The normalized spacial score (nSPS) is 25.1. The van der Waals surface area contributed by atoms with E-state index in [1.165, 1.54) is 0 Å². The summed E-state index contributed by atoms with van der Waals surface area (Å²) in [6, 6.07) is 15.3. The number of ether oxygens (including phenoxy) is 2. The van der Waals surface area contributed by atoms with E-state index in [1.54, 1.807) is 14.2 Å². The summed E-state index contributed by atoms with van der Waals surface area (Å²) in [4.78, 5) is 17.7. The van der Waals surface area contributed by atoms with Crippen LogP contribution in [0.4, 0.5) is 8.78 Å². The summed E-state index contributed by atoms with van der Waals surface area (Å²) in [5.74, 6) is 0.802. The lowest BCUT2D eigenvalue weighted by Gasteiger charge is -2.49. The molecule has 0 bridgehead atoms. The second-order valence-electron chi connectivity index (χ2n) is 8.61. The summed E-state index contributed by atoms with van der Waals surface area (Å²) >= 11 is 0. The van der Waals surface area contributed by atoms with Crippen molar-refractivity contribution in [1.82, 2.24) is 9.80 Å². The molecule has 4 unspecified atom stereocenters. The minimum atomic E-state index is -1.66. The van der Waals surface area contributed by atoms with Crippen LogP contribution in [0.25, 0.3) is 0 Å². The van der Waals surface area contributed by atoms with Gasteiger partial charge in [0, 0.05) is 36.7 Å². The predicted molar refractivity (Wildman–Crippen MR) is 122 cm³/mol. The number of methoxy groups -OCH3 is 2. The van der Waals surface area contributed by atoms with Crippen LogP contribution < -0.4 is 4.74 Å². The maximum Gasteiger partial charge on any atom is 0.266 e. The van der Waals surface area contributed by atoms with Crippen molar-refractivity contribution in [1.29, 1.82) is 0 Å². The van der Waals surface area contributed by atoms with Gasteiger partial charge >= 0.3 is 0 Å². The van der Waals surface area contributed by atoms with Crippen LogP contribution in [0.1, 0.15) is 53.4 Å². The van der Waals surface area contributed by atoms with E-state index in [4.69, 9.17) is 9.47 Å². The van der Waals surface area contributed by atoms with Crippen LogP contribution in [-0.2, 0) is 4.74 Å². The van der Waals surface area contributed by atoms with Crippen molar-refractivity contribution in [3.63, 3.8) is 0 Å². The number of amides is 1. The summed E-state index contributed by atoms with van der Waals surface area (Å²) in [5.41, 5.74) is 2.65. The Hall–Kier alpha value is -2.77. The fraction of sp³-hybridized carbons (Fsp3) is 0.423. The number of hydrogen-bond donors (Lipinski definition) is 0. The van der Waals surface area contributed by atoms with Gasteiger partial charge in [-0.3, -0.25) is 9.69 Å². The van der Waals surface area contributed by atoms with Gasteiger partial charge in [-0.15, -0.1) is 0 Å². The molecule has 1 fully saturated rings. The number of hydrogen-bond acceptors (Lipinski definition) is 4. The molecule has 0 radical (unpaired) electrons. The van der Waals surface area contributed by atoms with E-state index in [-0.39, 0.29) is 30.3 Å². The molecule has 2 heterocycles. The Morgan fingerprint density at radius 2 is 1.85 bits per heavy atom. The number of halogens is 2. The van der Waals surface area contributed by atoms with Crippen molar-refractivity contribution in [2.75, 3.05) is 27.3 Å². The quantitative estimate of drug-likeness (QED) is 0.573. The lowest BCUT2D eigenvalue weighted by Crippen LogP contribution is -2.58. The van der Waals surface area contributed by atoms with Crippen LogP contribution in [0.3, 0.4) is 0 Å². The van der Waals surface area contributed by atoms with Gasteiger partial charge in [-0.25, -0.2) is 0 Å². The van der Waals surface area contributed by atoms with Gasteiger partial charge in [0.1, 0.15) is 5.75 Å². The molecule has 4 atom stereocenters. The van der Waals surface area contributed by atoms with Crippen LogP contribution >= 0.6 is 0 Å². The lowest BCUT2D eigenvalue weighted by atomic mass is 9.80. The zero-order valence-corrected chi connectivity index (χ0v) is 19.2. The van der Waals surface area contributed by atoms with Crippen molar-refractivity contribution in [3.05, 3.63) is 77.4 Å². The molecule has 0 aliphatic carbocycles.